The molecule has 0 atom stereocenters. The molecule has 0 aliphatic heterocycles. The van der Waals surface area contributed by atoms with E-state index in [2.05, 4.69) is 6.92 Å². The molecule has 3 aromatic rings. The number of aryl methyl sites for hydroxylation is 1. The van der Waals surface area contributed by atoms with Gasteiger partial charge in [0.15, 0.2) is 0 Å². The lowest BCUT2D eigenvalue weighted by Crippen LogP contribution is -2.10. The number of hydrogen-bond acceptors (Lipinski definition) is 5. The van der Waals surface area contributed by atoms with Crippen molar-refractivity contribution in [2.75, 3.05) is 0 Å². The second kappa shape index (κ2) is 10.7. The van der Waals surface area contributed by atoms with Crippen LogP contribution in [0, 0.1) is 11.3 Å². The molecule has 0 saturated carbocycles. The largest absolute Gasteiger partial charge is 0.423 e. The van der Waals surface area contributed by atoms with Crippen molar-refractivity contribution < 1.29 is 19.1 Å². The lowest BCUT2D eigenvalue weighted by atomic mass is 10.1. The molecule has 5 nitrogen and oxygen atoms in total. The molecule has 3 rings (SSSR count). The molecule has 0 bridgehead atoms. The number of esters is 2. The molecule has 0 saturated heterocycles. The number of unbranched alkanes of at least 4 members (excludes halogenated alkanes) is 2. The van der Waals surface area contributed by atoms with Gasteiger partial charge in [-0.05, 0) is 79.1 Å². The minimum absolute atomic E-state index is 0.308. The van der Waals surface area contributed by atoms with Gasteiger partial charge in [0.05, 0.1) is 22.8 Å². The summed E-state index contributed by atoms with van der Waals surface area (Å²) in [5, 5.41) is 8.81. The number of carbonyl (C=O) groups excluding carboxylic acids is 2. The Morgan fingerprint density at radius 1 is 0.742 bits per heavy atom. The summed E-state index contributed by atoms with van der Waals surface area (Å²) in [6.45, 7) is 2.18. The number of nitrogens with zero attached hydrogens (tertiary/aromatic N) is 1. The van der Waals surface area contributed by atoms with Gasteiger partial charge in [0, 0.05) is 0 Å². The molecule has 0 N–H and O–H groups in total. The van der Waals surface area contributed by atoms with Gasteiger partial charge >= 0.3 is 11.9 Å². The summed E-state index contributed by atoms with van der Waals surface area (Å²) in [5.74, 6) is -0.231. The van der Waals surface area contributed by atoms with Crippen molar-refractivity contribution in [3.05, 3.63) is 95.1 Å². The van der Waals surface area contributed by atoms with Gasteiger partial charge in [-0.25, -0.2) is 9.59 Å². The van der Waals surface area contributed by atoms with Gasteiger partial charge in [-0.1, -0.05) is 31.9 Å². The van der Waals surface area contributed by atoms with Crippen LogP contribution < -0.4 is 9.47 Å². The normalized spacial score (nSPS) is 10.2. The number of nitriles is 1. The molecule has 31 heavy (non-hydrogen) atoms. The molecule has 0 fully saturated rings. The highest BCUT2D eigenvalue weighted by atomic mass is 16.5. The van der Waals surface area contributed by atoms with Crippen LogP contribution in [0.15, 0.2) is 72.8 Å². The van der Waals surface area contributed by atoms with Crippen molar-refractivity contribution in [3.8, 4) is 17.6 Å². The van der Waals surface area contributed by atoms with Crippen molar-refractivity contribution in [2.24, 2.45) is 0 Å². The SMILES string of the molecule is CCCCCc1ccc(OC(=O)c2ccc(OC(=O)c3ccc(C#N)cc3)cc2)cc1. The van der Waals surface area contributed by atoms with E-state index < -0.39 is 11.9 Å². The second-order valence-electron chi connectivity index (χ2n) is 7.09. The Morgan fingerprint density at radius 3 is 1.71 bits per heavy atom. The van der Waals surface area contributed by atoms with Crippen LogP contribution in [0.1, 0.15) is 58.0 Å². The molecule has 0 unspecified atom stereocenters. The highest BCUT2D eigenvalue weighted by Gasteiger charge is 2.12. The predicted octanol–water partition coefficient (Wildman–Crippen LogP) is 5.73. The first-order chi connectivity index (χ1) is 15.1. The lowest BCUT2D eigenvalue weighted by molar-refractivity contribution is 0.0730. The van der Waals surface area contributed by atoms with E-state index in [-0.39, 0.29) is 0 Å². The first-order valence-electron chi connectivity index (χ1n) is 10.2. The number of carbonyl (C=O) groups is 2. The van der Waals surface area contributed by atoms with E-state index in [4.69, 9.17) is 14.7 Å². The van der Waals surface area contributed by atoms with Crippen LogP contribution in [0.3, 0.4) is 0 Å². The average Bonchev–Trinajstić information content (AvgIpc) is 2.81. The summed E-state index contributed by atoms with van der Waals surface area (Å²) in [5.41, 5.74) is 2.37. The molecule has 0 heterocycles. The standard InChI is InChI=1S/C26H23NO4/c1-2-3-4-5-19-8-14-23(15-9-19)30-26(29)22-12-16-24(17-13-22)31-25(28)21-10-6-20(18-27)7-11-21/h6-17H,2-5H2,1H3. The average molecular weight is 413 g/mol. The topological polar surface area (TPSA) is 76.4 Å². The van der Waals surface area contributed by atoms with Gasteiger partial charge in [-0.15, -0.1) is 0 Å². The van der Waals surface area contributed by atoms with E-state index in [0.717, 1.165) is 12.8 Å². The van der Waals surface area contributed by atoms with E-state index in [1.165, 1.54) is 42.7 Å². The van der Waals surface area contributed by atoms with E-state index in [1.54, 1.807) is 36.4 Å². The van der Waals surface area contributed by atoms with E-state index in [1.807, 2.05) is 18.2 Å². The maximum Gasteiger partial charge on any atom is 0.343 e. The molecule has 0 spiro atoms. The molecular weight excluding hydrogens is 390 g/mol. The quantitative estimate of drug-likeness (QED) is 0.268. The predicted molar refractivity (Wildman–Crippen MR) is 117 cm³/mol. The van der Waals surface area contributed by atoms with Gasteiger partial charge in [0.1, 0.15) is 11.5 Å². The zero-order valence-corrected chi connectivity index (χ0v) is 17.3. The van der Waals surface area contributed by atoms with Crippen LogP contribution >= 0.6 is 0 Å². The van der Waals surface area contributed by atoms with E-state index in [9.17, 15) is 9.59 Å². The molecular formula is C26H23NO4. The first-order valence-corrected chi connectivity index (χ1v) is 10.2. The summed E-state index contributed by atoms with van der Waals surface area (Å²) in [6.07, 6.45) is 4.56. The van der Waals surface area contributed by atoms with Crippen LogP contribution in [0.2, 0.25) is 0 Å². The third kappa shape index (κ3) is 6.28. The van der Waals surface area contributed by atoms with Crippen molar-refractivity contribution >= 4 is 11.9 Å². The van der Waals surface area contributed by atoms with Crippen molar-refractivity contribution in [2.45, 2.75) is 32.6 Å². The van der Waals surface area contributed by atoms with Gasteiger partial charge in [-0.3, -0.25) is 0 Å². The Kier molecular flexibility index (Phi) is 7.56. The summed E-state index contributed by atoms with van der Waals surface area (Å²) in [7, 11) is 0. The number of hydrogen-bond donors (Lipinski definition) is 0. The van der Waals surface area contributed by atoms with Crippen LogP contribution in [-0.4, -0.2) is 11.9 Å². The Morgan fingerprint density at radius 2 is 1.23 bits per heavy atom. The van der Waals surface area contributed by atoms with Gasteiger partial charge in [0.2, 0.25) is 0 Å². The van der Waals surface area contributed by atoms with E-state index >= 15 is 0 Å². The summed E-state index contributed by atoms with van der Waals surface area (Å²) in [4.78, 5) is 24.6. The molecule has 5 heteroatoms. The van der Waals surface area contributed by atoms with Gasteiger partial charge in [0.25, 0.3) is 0 Å². The fourth-order valence-corrected chi connectivity index (χ4v) is 2.98. The fourth-order valence-electron chi connectivity index (χ4n) is 2.98. The Balaban J connectivity index is 1.55. The molecule has 0 amide bonds. The van der Waals surface area contributed by atoms with Crippen molar-refractivity contribution in [1.29, 1.82) is 5.26 Å². The monoisotopic (exact) mass is 413 g/mol. The van der Waals surface area contributed by atoms with Crippen molar-refractivity contribution in [1.82, 2.24) is 0 Å². The molecule has 156 valence electrons. The Labute approximate surface area is 181 Å². The van der Waals surface area contributed by atoms with Gasteiger partial charge < -0.3 is 9.47 Å². The molecule has 0 aromatic heterocycles. The highest BCUT2D eigenvalue weighted by molar-refractivity contribution is 5.92. The second-order valence-corrected chi connectivity index (χ2v) is 7.09. The maximum absolute atomic E-state index is 12.4. The molecule has 0 aliphatic carbocycles. The first kappa shape index (κ1) is 21.8. The van der Waals surface area contributed by atoms with Gasteiger partial charge in [-0.2, -0.15) is 5.26 Å². The summed E-state index contributed by atoms with van der Waals surface area (Å²) < 4.78 is 10.7. The summed E-state index contributed by atoms with van der Waals surface area (Å²) in [6, 6.07) is 21.9. The van der Waals surface area contributed by atoms with Crippen LogP contribution in [0.4, 0.5) is 0 Å². The highest BCUT2D eigenvalue weighted by Crippen LogP contribution is 2.18. The zero-order chi connectivity index (χ0) is 22.1. The van der Waals surface area contributed by atoms with E-state index in [0.29, 0.717) is 28.2 Å². The minimum Gasteiger partial charge on any atom is -0.423 e. The third-order valence-electron chi connectivity index (χ3n) is 4.75. The fraction of sp³-hybridized carbons (Fsp3) is 0.192. The number of benzene rings is 3. The Bertz CT molecular complexity index is 1060. The zero-order valence-electron chi connectivity index (χ0n) is 17.3. The third-order valence-corrected chi connectivity index (χ3v) is 4.75. The van der Waals surface area contributed by atoms with Crippen LogP contribution in [0.5, 0.6) is 11.5 Å². The lowest BCUT2D eigenvalue weighted by Gasteiger charge is -2.07. The number of ether oxygens (including phenoxy) is 2. The van der Waals surface area contributed by atoms with Crippen molar-refractivity contribution in [3.63, 3.8) is 0 Å². The minimum atomic E-state index is -0.543. The van der Waals surface area contributed by atoms with Crippen LogP contribution in [0.25, 0.3) is 0 Å². The van der Waals surface area contributed by atoms with Crippen LogP contribution in [-0.2, 0) is 6.42 Å². The molecule has 0 radical (unpaired) electrons. The smallest absolute Gasteiger partial charge is 0.343 e. The Hall–Kier alpha value is -3.91. The number of rotatable bonds is 8. The summed E-state index contributed by atoms with van der Waals surface area (Å²) >= 11 is 0. The molecule has 3 aromatic carbocycles. The maximum atomic E-state index is 12.4. The molecule has 0 aliphatic rings.